The highest BCUT2D eigenvalue weighted by molar-refractivity contribution is 7.03. The van der Waals surface area contributed by atoms with Gasteiger partial charge in [-0.3, -0.25) is 0 Å². The highest BCUT2D eigenvalue weighted by Crippen LogP contribution is 2.23. The Hall–Kier alpha value is -0.520. The lowest BCUT2D eigenvalue weighted by atomic mass is 9.95. The van der Waals surface area contributed by atoms with E-state index in [0.717, 1.165) is 25.1 Å². The van der Waals surface area contributed by atoms with Crippen molar-refractivity contribution in [3.8, 4) is 0 Å². The van der Waals surface area contributed by atoms with Gasteiger partial charge in [-0.15, -0.1) is 5.10 Å². The molecule has 0 amide bonds. The molecule has 0 aromatic carbocycles. The van der Waals surface area contributed by atoms with Crippen molar-refractivity contribution in [3.05, 3.63) is 11.1 Å². The molecule has 1 saturated heterocycles. The van der Waals surface area contributed by atoms with Gasteiger partial charge in [-0.05, 0) is 23.9 Å². The molecule has 3 unspecified atom stereocenters. The van der Waals surface area contributed by atoms with Gasteiger partial charge < -0.3 is 10.5 Å². The quantitative estimate of drug-likeness (QED) is 0.808. The van der Waals surface area contributed by atoms with Gasteiger partial charge in [0.25, 0.3) is 0 Å². The predicted octanol–water partition coefficient (Wildman–Crippen LogP) is 0.833. The van der Waals surface area contributed by atoms with Crippen LogP contribution in [-0.4, -0.2) is 28.3 Å². The smallest absolute Gasteiger partial charge is 0.0771 e. The van der Waals surface area contributed by atoms with Gasteiger partial charge >= 0.3 is 0 Å². The molecule has 4 nitrogen and oxygen atoms in total. The van der Waals surface area contributed by atoms with Crippen LogP contribution in [0.2, 0.25) is 0 Å². The summed E-state index contributed by atoms with van der Waals surface area (Å²) in [5, 5.41) is 5.93. The lowest BCUT2D eigenvalue weighted by Gasteiger charge is -2.21. The molecule has 3 atom stereocenters. The molecule has 0 radical (unpaired) electrons. The zero-order valence-corrected chi connectivity index (χ0v) is 9.04. The van der Waals surface area contributed by atoms with Crippen molar-refractivity contribution in [1.29, 1.82) is 0 Å². The van der Waals surface area contributed by atoms with E-state index in [2.05, 4.69) is 16.5 Å². The van der Waals surface area contributed by atoms with E-state index in [9.17, 15) is 0 Å². The van der Waals surface area contributed by atoms with Crippen molar-refractivity contribution in [3.63, 3.8) is 0 Å². The third-order valence-corrected chi connectivity index (χ3v) is 3.27. The van der Waals surface area contributed by atoms with E-state index >= 15 is 0 Å². The number of nitrogens with two attached hydrogens (primary N) is 1. The van der Waals surface area contributed by atoms with Crippen LogP contribution in [0.1, 0.15) is 19.0 Å². The molecule has 0 aliphatic carbocycles. The molecule has 2 heterocycles. The van der Waals surface area contributed by atoms with Crippen molar-refractivity contribution in [2.24, 2.45) is 11.7 Å². The minimum absolute atomic E-state index is 0.0522. The van der Waals surface area contributed by atoms with E-state index in [0.29, 0.717) is 5.92 Å². The number of hydrogen-bond donors (Lipinski definition) is 1. The van der Waals surface area contributed by atoms with E-state index in [1.807, 2.05) is 5.38 Å². The number of hydrogen-bond acceptors (Lipinski definition) is 5. The van der Waals surface area contributed by atoms with Crippen LogP contribution in [0.5, 0.6) is 0 Å². The van der Waals surface area contributed by atoms with E-state index in [1.165, 1.54) is 11.5 Å². The van der Waals surface area contributed by atoms with E-state index in [4.69, 9.17) is 10.5 Å². The first kappa shape index (κ1) is 10.0. The molecule has 2 rings (SSSR count). The van der Waals surface area contributed by atoms with Crippen LogP contribution in [0.3, 0.4) is 0 Å². The highest BCUT2D eigenvalue weighted by atomic mass is 32.1. The van der Waals surface area contributed by atoms with Gasteiger partial charge in [0.15, 0.2) is 0 Å². The van der Waals surface area contributed by atoms with Gasteiger partial charge in [0, 0.05) is 24.4 Å². The van der Waals surface area contributed by atoms with Crippen molar-refractivity contribution in [1.82, 2.24) is 9.59 Å². The molecule has 1 fully saturated rings. The molecule has 1 aliphatic rings. The molecule has 0 spiro atoms. The second kappa shape index (κ2) is 4.33. The molecular formula is C9H15N3OS. The van der Waals surface area contributed by atoms with Gasteiger partial charge in [0.1, 0.15) is 0 Å². The van der Waals surface area contributed by atoms with Crippen LogP contribution in [-0.2, 0) is 11.2 Å². The number of ether oxygens (including phenoxy) is 1. The third kappa shape index (κ3) is 2.10. The van der Waals surface area contributed by atoms with Gasteiger partial charge in [0.05, 0.1) is 11.8 Å². The third-order valence-electron chi connectivity index (χ3n) is 2.72. The Labute approximate surface area is 87.6 Å². The van der Waals surface area contributed by atoms with Gasteiger partial charge in [0.2, 0.25) is 0 Å². The van der Waals surface area contributed by atoms with Crippen LogP contribution < -0.4 is 5.73 Å². The second-order valence-electron chi connectivity index (χ2n) is 3.87. The first-order chi connectivity index (χ1) is 6.77. The normalized spacial score (nSPS) is 29.3. The fraction of sp³-hybridized carbons (Fsp3) is 0.778. The largest absolute Gasteiger partial charge is 0.376 e. The zero-order chi connectivity index (χ0) is 9.97. The summed E-state index contributed by atoms with van der Waals surface area (Å²) in [5.74, 6) is 0.566. The van der Waals surface area contributed by atoms with Crippen LogP contribution in [0, 0.1) is 5.92 Å². The monoisotopic (exact) mass is 213 g/mol. The lowest BCUT2D eigenvalue weighted by Crippen LogP contribution is -2.39. The summed E-state index contributed by atoms with van der Waals surface area (Å²) in [6.45, 7) is 3.03. The average molecular weight is 213 g/mol. The minimum Gasteiger partial charge on any atom is -0.376 e. The molecule has 0 bridgehead atoms. The Morgan fingerprint density at radius 3 is 3.21 bits per heavy atom. The van der Waals surface area contributed by atoms with Crippen LogP contribution in [0.15, 0.2) is 5.38 Å². The summed E-state index contributed by atoms with van der Waals surface area (Å²) in [6, 6.07) is 0.0522. The SMILES string of the molecule is CC1CCOC1C(N)Cc1csnn1. The van der Waals surface area contributed by atoms with E-state index in [-0.39, 0.29) is 12.1 Å². The fourth-order valence-corrected chi connectivity index (χ4v) is 2.36. The number of rotatable bonds is 3. The second-order valence-corrected chi connectivity index (χ2v) is 4.48. The Kier molecular flexibility index (Phi) is 3.10. The number of aromatic nitrogens is 2. The summed E-state index contributed by atoms with van der Waals surface area (Å²) in [6.07, 6.45) is 2.08. The summed E-state index contributed by atoms with van der Waals surface area (Å²) in [7, 11) is 0. The molecule has 1 aromatic rings. The van der Waals surface area contributed by atoms with Crippen molar-refractivity contribution in [2.75, 3.05) is 6.61 Å². The Bertz CT molecular complexity index is 278. The molecule has 78 valence electrons. The molecular weight excluding hydrogens is 198 g/mol. The summed E-state index contributed by atoms with van der Waals surface area (Å²) < 4.78 is 9.42. The minimum atomic E-state index is 0.0522. The van der Waals surface area contributed by atoms with Crippen molar-refractivity contribution < 1.29 is 4.74 Å². The average Bonchev–Trinajstić information content (AvgIpc) is 2.75. The van der Waals surface area contributed by atoms with Gasteiger partial charge in [-0.2, -0.15) is 0 Å². The molecule has 14 heavy (non-hydrogen) atoms. The Morgan fingerprint density at radius 1 is 1.79 bits per heavy atom. The summed E-state index contributed by atoms with van der Waals surface area (Å²) >= 11 is 1.37. The first-order valence-electron chi connectivity index (χ1n) is 4.90. The molecule has 1 aromatic heterocycles. The standard InChI is InChI=1S/C9H15N3OS/c1-6-2-3-13-9(6)8(10)4-7-5-14-12-11-7/h5-6,8-9H,2-4,10H2,1H3. The van der Waals surface area contributed by atoms with Crippen LogP contribution in [0.4, 0.5) is 0 Å². The fourth-order valence-electron chi connectivity index (χ4n) is 1.89. The molecule has 2 N–H and O–H groups in total. The predicted molar refractivity (Wildman–Crippen MR) is 55.1 cm³/mol. The Morgan fingerprint density at radius 2 is 2.64 bits per heavy atom. The number of nitrogens with zero attached hydrogens (tertiary/aromatic N) is 2. The van der Waals surface area contributed by atoms with Crippen LogP contribution >= 0.6 is 11.5 Å². The van der Waals surface area contributed by atoms with Crippen molar-refractivity contribution in [2.45, 2.75) is 31.9 Å². The van der Waals surface area contributed by atoms with Crippen molar-refractivity contribution >= 4 is 11.5 Å². The zero-order valence-electron chi connectivity index (χ0n) is 8.22. The maximum Gasteiger partial charge on any atom is 0.0771 e. The van der Waals surface area contributed by atoms with Gasteiger partial charge in [-0.1, -0.05) is 11.4 Å². The topological polar surface area (TPSA) is 61.0 Å². The maximum atomic E-state index is 6.07. The molecule has 1 aliphatic heterocycles. The summed E-state index contributed by atoms with van der Waals surface area (Å²) in [4.78, 5) is 0. The first-order valence-corrected chi connectivity index (χ1v) is 5.74. The van der Waals surface area contributed by atoms with E-state index in [1.54, 1.807) is 0 Å². The molecule has 0 saturated carbocycles. The summed E-state index contributed by atoms with van der Waals surface area (Å²) in [5.41, 5.74) is 7.05. The maximum absolute atomic E-state index is 6.07. The Balaban J connectivity index is 1.92. The molecule has 5 heteroatoms. The highest BCUT2D eigenvalue weighted by Gasteiger charge is 2.30. The van der Waals surface area contributed by atoms with Crippen LogP contribution in [0.25, 0.3) is 0 Å². The lowest BCUT2D eigenvalue weighted by molar-refractivity contribution is 0.0724. The van der Waals surface area contributed by atoms with E-state index < -0.39 is 0 Å². The van der Waals surface area contributed by atoms with Gasteiger partial charge in [-0.25, -0.2) is 0 Å².